The van der Waals surface area contributed by atoms with Crippen LogP contribution in [0, 0.1) is 5.82 Å². The Morgan fingerprint density at radius 1 is 1.12 bits per heavy atom. The Balaban J connectivity index is 2.40. The van der Waals surface area contributed by atoms with Crippen molar-refractivity contribution in [2.24, 2.45) is 0 Å². The van der Waals surface area contributed by atoms with Crippen LogP contribution in [0.25, 0.3) is 22.2 Å². The number of nitrogens with zero attached hydrogens (tertiary/aromatic N) is 3. The molecule has 0 saturated heterocycles. The van der Waals surface area contributed by atoms with Crippen molar-refractivity contribution in [3.8, 4) is 11.3 Å². The molecule has 0 radical (unpaired) electrons. The van der Waals surface area contributed by atoms with E-state index in [0.29, 0.717) is 22.2 Å². The molecule has 1 N–H and O–H groups in total. The Kier molecular flexibility index (Phi) is 4.90. The lowest BCUT2D eigenvalue weighted by Crippen LogP contribution is -2.19. The third-order valence-corrected chi connectivity index (χ3v) is 4.65. The number of pyridine rings is 1. The van der Waals surface area contributed by atoms with E-state index in [2.05, 4.69) is 15.0 Å². The molecule has 7 heteroatoms. The predicted octanol–water partition coefficient (Wildman–Crippen LogP) is 5.49. The van der Waals surface area contributed by atoms with Crippen molar-refractivity contribution in [3.63, 3.8) is 0 Å². The average Bonchev–Trinajstić information content (AvgIpc) is 2.54. The number of hydrogen-bond acceptors (Lipinski definition) is 4. The number of aromatic nitrogens is 3. The van der Waals surface area contributed by atoms with Crippen LogP contribution in [0.15, 0.2) is 24.5 Å². The zero-order valence-electron chi connectivity index (χ0n) is 14.8. The van der Waals surface area contributed by atoms with Crippen molar-refractivity contribution in [1.82, 2.24) is 15.0 Å². The van der Waals surface area contributed by atoms with E-state index in [1.807, 2.05) is 13.8 Å². The first-order chi connectivity index (χ1) is 12.1. The van der Waals surface area contributed by atoms with Gasteiger partial charge in [-0.25, -0.2) is 14.4 Å². The Labute approximate surface area is 161 Å². The highest BCUT2D eigenvalue weighted by atomic mass is 35.5. The van der Waals surface area contributed by atoms with Gasteiger partial charge in [0, 0.05) is 22.7 Å². The zero-order chi connectivity index (χ0) is 19.2. The fraction of sp³-hybridized carbons (Fsp3) is 0.316. The Hall–Kier alpha value is -1.82. The Bertz CT molecular complexity index is 1000. The zero-order valence-corrected chi connectivity index (χ0v) is 16.3. The highest BCUT2D eigenvalue weighted by Crippen LogP contribution is 2.37. The van der Waals surface area contributed by atoms with Gasteiger partial charge in [0.2, 0.25) is 5.28 Å². The fourth-order valence-corrected chi connectivity index (χ4v) is 3.41. The first-order valence-electron chi connectivity index (χ1n) is 8.13. The van der Waals surface area contributed by atoms with Crippen molar-refractivity contribution in [3.05, 3.63) is 51.8 Å². The van der Waals surface area contributed by atoms with Crippen LogP contribution in [0.1, 0.15) is 44.7 Å². The molecule has 0 aliphatic carbocycles. The third-order valence-electron chi connectivity index (χ3n) is 4.19. The molecule has 2 heterocycles. The molecule has 0 atom stereocenters. The summed E-state index contributed by atoms with van der Waals surface area (Å²) in [6.45, 7) is 7.35. The summed E-state index contributed by atoms with van der Waals surface area (Å²) in [5, 5.41) is 11.4. The molecule has 0 bridgehead atoms. The van der Waals surface area contributed by atoms with E-state index in [9.17, 15) is 9.50 Å². The molecular weight excluding hydrogens is 376 g/mol. The van der Waals surface area contributed by atoms with Gasteiger partial charge in [0.25, 0.3) is 0 Å². The normalized spacial score (nSPS) is 12.2. The van der Waals surface area contributed by atoms with Crippen molar-refractivity contribution in [2.75, 3.05) is 0 Å². The highest BCUT2D eigenvalue weighted by molar-refractivity contribution is 6.33. The maximum absolute atomic E-state index is 14.8. The van der Waals surface area contributed by atoms with Crippen LogP contribution in [0.2, 0.25) is 10.3 Å². The van der Waals surface area contributed by atoms with Crippen LogP contribution >= 0.6 is 23.2 Å². The molecule has 1 aromatic carbocycles. The molecule has 0 spiro atoms. The second-order valence-electron chi connectivity index (χ2n) is 6.99. The van der Waals surface area contributed by atoms with Gasteiger partial charge >= 0.3 is 0 Å². The smallest absolute Gasteiger partial charge is 0.222 e. The molecule has 26 heavy (non-hydrogen) atoms. The summed E-state index contributed by atoms with van der Waals surface area (Å²) < 4.78 is 14.8. The molecule has 0 amide bonds. The van der Waals surface area contributed by atoms with Crippen molar-refractivity contribution >= 4 is 34.1 Å². The van der Waals surface area contributed by atoms with Crippen LogP contribution in [0.3, 0.4) is 0 Å². The molecule has 0 unspecified atom stereocenters. The fourth-order valence-electron chi connectivity index (χ4n) is 3.07. The number of hydrogen-bond donors (Lipinski definition) is 1. The summed E-state index contributed by atoms with van der Waals surface area (Å²) in [6.07, 6.45) is 2.91. The molecule has 0 aliphatic heterocycles. The van der Waals surface area contributed by atoms with Crippen LogP contribution in [0.4, 0.5) is 4.39 Å². The summed E-state index contributed by atoms with van der Waals surface area (Å²) in [5.41, 5.74) is 1.43. The van der Waals surface area contributed by atoms with Gasteiger partial charge in [-0.3, -0.25) is 4.98 Å². The second-order valence-corrected chi connectivity index (χ2v) is 7.73. The molecule has 0 aliphatic rings. The number of rotatable bonds is 3. The van der Waals surface area contributed by atoms with Gasteiger partial charge < -0.3 is 5.11 Å². The van der Waals surface area contributed by atoms with Crippen molar-refractivity contribution < 1.29 is 9.50 Å². The van der Waals surface area contributed by atoms with E-state index in [0.717, 1.165) is 5.56 Å². The van der Waals surface area contributed by atoms with Crippen LogP contribution in [-0.2, 0) is 5.60 Å². The molecule has 3 rings (SSSR count). The average molecular weight is 394 g/mol. The SMILES string of the molecule is CC(C)c1c(C(C)(C)O)cnc2c(F)cc(-c3nc(Cl)ncc3Cl)cc12. The molecule has 0 fully saturated rings. The number of benzene rings is 1. The van der Waals surface area contributed by atoms with Crippen molar-refractivity contribution in [2.45, 2.75) is 39.2 Å². The minimum Gasteiger partial charge on any atom is -0.386 e. The first kappa shape index (κ1) is 19.0. The van der Waals surface area contributed by atoms with Gasteiger partial charge in [-0.05, 0) is 49.1 Å². The van der Waals surface area contributed by atoms with Crippen LogP contribution in [0.5, 0.6) is 0 Å². The molecular formula is C19H18Cl2FN3O. The summed E-state index contributed by atoms with van der Waals surface area (Å²) in [5.74, 6) is -0.450. The van der Waals surface area contributed by atoms with E-state index in [-0.39, 0.29) is 21.7 Å². The summed E-state index contributed by atoms with van der Waals surface area (Å²) in [4.78, 5) is 12.2. The monoisotopic (exact) mass is 393 g/mol. The van der Waals surface area contributed by atoms with Crippen LogP contribution in [-0.4, -0.2) is 20.1 Å². The lowest BCUT2D eigenvalue weighted by atomic mass is 9.86. The molecule has 136 valence electrons. The quantitative estimate of drug-likeness (QED) is 0.597. The Morgan fingerprint density at radius 2 is 1.81 bits per heavy atom. The van der Waals surface area contributed by atoms with E-state index in [4.69, 9.17) is 23.2 Å². The summed E-state index contributed by atoms with van der Waals surface area (Å²) >= 11 is 12.1. The van der Waals surface area contributed by atoms with Gasteiger partial charge in [-0.1, -0.05) is 25.4 Å². The lowest BCUT2D eigenvalue weighted by Gasteiger charge is -2.25. The van der Waals surface area contributed by atoms with Gasteiger partial charge in [0.1, 0.15) is 11.3 Å². The van der Waals surface area contributed by atoms with Gasteiger partial charge in [-0.2, -0.15) is 0 Å². The minimum atomic E-state index is -1.11. The van der Waals surface area contributed by atoms with Gasteiger partial charge in [-0.15, -0.1) is 0 Å². The number of halogens is 3. The van der Waals surface area contributed by atoms with E-state index < -0.39 is 11.4 Å². The minimum absolute atomic E-state index is 0.0253. The standard InChI is InChI=1S/C19H18Cl2FN3O/c1-9(2)15-11-5-10(16-13(20)8-24-18(21)25-16)6-14(22)17(11)23-7-12(15)19(3,4)26/h5-9,26H,1-4H3. The largest absolute Gasteiger partial charge is 0.386 e. The Morgan fingerprint density at radius 3 is 2.42 bits per heavy atom. The topological polar surface area (TPSA) is 58.9 Å². The molecule has 0 saturated carbocycles. The summed E-state index contributed by atoms with van der Waals surface area (Å²) in [7, 11) is 0. The maximum Gasteiger partial charge on any atom is 0.222 e. The van der Waals surface area contributed by atoms with Crippen molar-refractivity contribution in [1.29, 1.82) is 0 Å². The predicted molar refractivity (Wildman–Crippen MR) is 102 cm³/mol. The van der Waals surface area contributed by atoms with E-state index in [1.165, 1.54) is 18.5 Å². The molecule has 2 aromatic heterocycles. The molecule has 3 aromatic rings. The number of fused-ring (bicyclic) bond motifs is 1. The van der Waals surface area contributed by atoms with Gasteiger partial charge in [0.05, 0.1) is 22.5 Å². The summed E-state index contributed by atoms with van der Waals surface area (Å²) in [6, 6.07) is 3.11. The first-order valence-corrected chi connectivity index (χ1v) is 8.88. The van der Waals surface area contributed by atoms with E-state index in [1.54, 1.807) is 19.9 Å². The second kappa shape index (κ2) is 6.72. The maximum atomic E-state index is 14.8. The molecule has 4 nitrogen and oxygen atoms in total. The van der Waals surface area contributed by atoms with Gasteiger partial charge in [0.15, 0.2) is 0 Å². The lowest BCUT2D eigenvalue weighted by molar-refractivity contribution is 0.0772. The third kappa shape index (κ3) is 3.39. The van der Waals surface area contributed by atoms with E-state index >= 15 is 0 Å². The van der Waals surface area contributed by atoms with Crippen LogP contribution < -0.4 is 0 Å². The number of aliphatic hydroxyl groups is 1. The highest BCUT2D eigenvalue weighted by Gasteiger charge is 2.25.